The zero-order valence-electron chi connectivity index (χ0n) is 14.2. The van der Waals surface area contributed by atoms with Gasteiger partial charge >= 0.3 is 0 Å². The zero-order chi connectivity index (χ0) is 17.8. The lowest BCUT2D eigenvalue weighted by Gasteiger charge is -2.13. The summed E-state index contributed by atoms with van der Waals surface area (Å²) in [5.41, 5.74) is 0.531. The second-order valence-electron chi connectivity index (χ2n) is 5.66. The zero-order valence-corrected chi connectivity index (χ0v) is 16.6. The Morgan fingerprint density at radius 1 is 1.16 bits per heavy atom. The van der Waals surface area contributed by atoms with Crippen molar-refractivity contribution in [1.29, 1.82) is 0 Å². The Labute approximate surface area is 159 Å². The number of thiophene rings is 1. The van der Waals surface area contributed by atoms with E-state index < -0.39 is 0 Å². The lowest BCUT2D eigenvalue weighted by molar-refractivity contribution is 0.103. The van der Waals surface area contributed by atoms with Crippen LogP contribution in [0.5, 0.6) is 11.5 Å². The van der Waals surface area contributed by atoms with Gasteiger partial charge in [0.15, 0.2) is 0 Å². The molecular formula is C20H19BrO3S. The molecule has 1 aromatic heterocycles. The Morgan fingerprint density at radius 3 is 2.68 bits per heavy atom. The van der Waals surface area contributed by atoms with E-state index in [1.165, 1.54) is 11.3 Å². The van der Waals surface area contributed by atoms with Crippen molar-refractivity contribution in [3.8, 4) is 11.5 Å². The lowest BCUT2D eigenvalue weighted by atomic mass is 10.1. The summed E-state index contributed by atoms with van der Waals surface area (Å²) >= 11 is 5.00. The van der Waals surface area contributed by atoms with Crippen molar-refractivity contribution in [2.75, 3.05) is 13.7 Å². The van der Waals surface area contributed by atoms with E-state index in [1.807, 2.05) is 30.3 Å². The molecule has 0 fully saturated rings. The number of ether oxygens (including phenoxy) is 2. The van der Waals surface area contributed by atoms with E-state index in [0.717, 1.165) is 27.4 Å². The number of hydrogen-bond acceptors (Lipinski definition) is 4. The van der Waals surface area contributed by atoms with Gasteiger partial charge < -0.3 is 9.47 Å². The fourth-order valence-corrected chi connectivity index (χ4v) is 4.02. The summed E-state index contributed by atoms with van der Waals surface area (Å²) in [7, 11) is 1.57. The average molecular weight is 419 g/mol. The largest absolute Gasteiger partial charge is 0.496 e. The topological polar surface area (TPSA) is 35.5 Å². The fraction of sp³-hybridized carbons (Fsp3) is 0.250. The first kappa shape index (κ1) is 18.0. The molecule has 3 nitrogen and oxygen atoms in total. The van der Waals surface area contributed by atoms with Gasteiger partial charge in [-0.25, -0.2) is 0 Å². The molecule has 0 bridgehead atoms. The number of ketones is 1. The molecule has 0 radical (unpaired) electrons. The molecule has 0 spiro atoms. The molecule has 3 aromatic rings. The standard InChI is InChI=1S/C20H19BrO3S/c1-3-4-9-24-17-12-16(23-2)14(11-15(17)21)20(22)19-10-13-7-5-6-8-18(13)25-19/h5-8,10-12H,3-4,9H2,1-2H3. The predicted octanol–water partition coefficient (Wildman–Crippen LogP) is 6.08. The van der Waals surface area contributed by atoms with E-state index in [2.05, 4.69) is 22.9 Å². The summed E-state index contributed by atoms with van der Waals surface area (Å²) in [6.45, 7) is 2.76. The molecule has 0 N–H and O–H groups in total. The third kappa shape index (κ3) is 3.88. The molecule has 1 heterocycles. The van der Waals surface area contributed by atoms with E-state index in [1.54, 1.807) is 19.2 Å². The number of fused-ring (bicyclic) bond motifs is 1. The number of halogens is 1. The van der Waals surface area contributed by atoms with Gasteiger partial charge in [-0.3, -0.25) is 4.79 Å². The summed E-state index contributed by atoms with van der Waals surface area (Å²) < 4.78 is 13.1. The second kappa shape index (κ2) is 8.02. The van der Waals surface area contributed by atoms with Crippen molar-refractivity contribution in [3.63, 3.8) is 0 Å². The highest BCUT2D eigenvalue weighted by molar-refractivity contribution is 9.10. The summed E-state index contributed by atoms with van der Waals surface area (Å²) in [6, 6.07) is 13.5. The van der Waals surface area contributed by atoms with Gasteiger partial charge in [0.05, 0.1) is 28.6 Å². The molecule has 0 aliphatic carbocycles. The average Bonchev–Trinajstić information content (AvgIpc) is 3.06. The highest BCUT2D eigenvalue weighted by Crippen LogP contribution is 2.36. The van der Waals surface area contributed by atoms with Crippen LogP contribution in [0.3, 0.4) is 0 Å². The number of benzene rings is 2. The van der Waals surface area contributed by atoms with Crippen LogP contribution in [-0.2, 0) is 0 Å². The van der Waals surface area contributed by atoms with Crippen LogP contribution in [0, 0.1) is 0 Å². The van der Waals surface area contributed by atoms with E-state index in [0.29, 0.717) is 28.5 Å². The molecule has 2 aromatic carbocycles. The minimum atomic E-state index is -0.0427. The SMILES string of the molecule is CCCCOc1cc(OC)c(C(=O)c2cc3ccccc3s2)cc1Br. The Morgan fingerprint density at radius 2 is 1.96 bits per heavy atom. The molecule has 130 valence electrons. The van der Waals surface area contributed by atoms with E-state index in [9.17, 15) is 4.79 Å². The Kier molecular flexibility index (Phi) is 5.76. The maximum absolute atomic E-state index is 13.0. The minimum absolute atomic E-state index is 0.0427. The van der Waals surface area contributed by atoms with Gasteiger partial charge in [-0.2, -0.15) is 0 Å². The van der Waals surface area contributed by atoms with Crippen LogP contribution in [0.4, 0.5) is 0 Å². The molecule has 0 saturated carbocycles. The third-order valence-corrected chi connectivity index (χ3v) is 5.64. The highest BCUT2D eigenvalue weighted by Gasteiger charge is 2.20. The molecule has 0 saturated heterocycles. The van der Waals surface area contributed by atoms with Gasteiger partial charge in [0.2, 0.25) is 5.78 Å². The smallest absolute Gasteiger partial charge is 0.206 e. The van der Waals surface area contributed by atoms with Gasteiger partial charge in [-0.15, -0.1) is 11.3 Å². The molecule has 0 atom stereocenters. The highest BCUT2D eigenvalue weighted by atomic mass is 79.9. The van der Waals surface area contributed by atoms with Crippen molar-refractivity contribution in [2.45, 2.75) is 19.8 Å². The minimum Gasteiger partial charge on any atom is -0.496 e. The first-order valence-corrected chi connectivity index (χ1v) is 9.78. The van der Waals surface area contributed by atoms with Gasteiger partial charge in [0.25, 0.3) is 0 Å². The number of unbranched alkanes of at least 4 members (excludes halogenated alkanes) is 1. The molecule has 0 amide bonds. The van der Waals surface area contributed by atoms with Crippen LogP contribution in [-0.4, -0.2) is 19.5 Å². The van der Waals surface area contributed by atoms with Crippen molar-refractivity contribution in [1.82, 2.24) is 0 Å². The molecule has 3 rings (SSSR count). The monoisotopic (exact) mass is 418 g/mol. The summed E-state index contributed by atoms with van der Waals surface area (Å²) in [5.74, 6) is 1.18. The molecule has 0 aliphatic heterocycles. The van der Waals surface area contributed by atoms with Crippen LogP contribution < -0.4 is 9.47 Å². The van der Waals surface area contributed by atoms with Gasteiger partial charge in [-0.05, 0) is 45.9 Å². The Bertz CT molecular complexity index is 868. The number of rotatable bonds is 7. The lowest BCUT2D eigenvalue weighted by Crippen LogP contribution is -2.04. The van der Waals surface area contributed by atoms with Crippen LogP contribution in [0.25, 0.3) is 10.1 Å². The van der Waals surface area contributed by atoms with Gasteiger partial charge in [-0.1, -0.05) is 31.5 Å². The fourth-order valence-electron chi connectivity index (χ4n) is 2.54. The number of carbonyl (C=O) groups is 1. The quantitative estimate of drug-likeness (QED) is 0.344. The maximum Gasteiger partial charge on any atom is 0.206 e. The molecule has 25 heavy (non-hydrogen) atoms. The first-order chi connectivity index (χ1) is 12.1. The van der Waals surface area contributed by atoms with Crippen LogP contribution in [0.1, 0.15) is 35.0 Å². The molecule has 0 unspecified atom stereocenters. The second-order valence-corrected chi connectivity index (χ2v) is 7.60. The van der Waals surface area contributed by atoms with Crippen molar-refractivity contribution in [2.24, 2.45) is 0 Å². The van der Waals surface area contributed by atoms with E-state index in [4.69, 9.17) is 9.47 Å². The predicted molar refractivity (Wildman–Crippen MR) is 106 cm³/mol. The third-order valence-electron chi connectivity index (χ3n) is 3.90. The Hall–Kier alpha value is -1.85. The molecular weight excluding hydrogens is 400 g/mol. The number of hydrogen-bond donors (Lipinski definition) is 0. The van der Waals surface area contributed by atoms with Crippen molar-refractivity contribution < 1.29 is 14.3 Å². The van der Waals surface area contributed by atoms with Crippen LogP contribution >= 0.6 is 27.3 Å². The normalized spacial score (nSPS) is 10.8. The summed E-state index contributed by atoms with van der Waals surface area (Å²) in [6.07, 6.45) is 2.05. The van der Waals surface area contributed by atoms with Crippen molar-refractivity contribution >= 4 is 43.1 Å². The number of carbonyl (C=O) groups excluding carboxylic acids is 1. The van der Waals surface area contributed by atoms with E-state index in [-0.39, 0.29) is 5.78 Å². The first-order valence-electron chi connectivity index (χ1n) is 8.17. The molecule has 0 aliphatic rings. The van der Waals surface area contributed by atoms with Gasteiger partial charge in [0.1, 0.15) is 11.5 Å². The summed E-state index contributed by atoms with van der Waals surface area (Å²) in [4.78, 5) is 13.7. The number of methoxy groups -OCH3 is 1. The Balaban J connectivity index is 1.94. The van der Waals surface area contributed by atoms with Crippen LogP contribution in [0.15, 0.2) is 46.9 Å². The molecule has 5 heteroatoms. The van der Waals surface area contributed by atoms with Crippen molar-refractivity contribution in [3.05, 3.63) is 57.4 Å². The van der Waals surface area contributed by atoms with Crippen LogP contribution in [0.2, 0.25) is 0 Å². The summed E-state index contributed by atoms with van der Waals surface area (Å²) in [5, 5.41) is 1.08. The van der Waals surface area contributed by atoms with Gasteiger partial charge in [0, 0.05) is 10.8 Å². The maximum atomic E-state index is 13.0. The van der Waals surface area contributed by atoms with E-state index >= 15 is 0 Å².